The van der Waals surface area contributed by atoms with Gasteiger partial charge in [-0.05, 0) is 31.2 Å². The van der Waals surface area contributed by atoms with Gasteiger partial charge in [-0.2, -0.15) is 4.55 Å². The van der Waals surface area contributed by atoms with Crippen LogP contribution in [0.5, 0.6) is 0 Å². The van der Waals surface area contributed by atoms with E-state index < -0.39 is 11.2 Å². The largest absolute Gasteiger partial charge is 0.368 e. The van der Waals surface area contributed by atoms with Gasteiger partial charge in [0, 0.05) is 0 Å². The van der Waals surface area contributed by atoms with Gasteiger partial charge >= 0.3 is 0 Å². The van der Waals surface area contributed by atoms with Crippen molar-refractivity contribution in [1.29, 1.82) is 0 Å². The van der Waals surface area contributed by atoms with Crippen molar-refractivity contribution in [3.05, 3.63) is 65.7 Å². The highest BCUT2D eigenvalue weighted by Crippen LogP contribution is 2.31. The number of fused-ring (bicyclic) bond motifs is 3. The van der Waals surface area contributed by atoms with E-state index in [9.17, 15) is 4.55 Å². The van der Waals surface area contributed by atoms with E-state index in [0.29, 0.717) is 13.2 Å². The van der Waals surface area contributed by atoms with Gasteiger partial charge in [0.1, 0.15) is 12.4 Å². The van der Waals surface area contributed by atoms with Crippen molar-refractivity contribution in [2.45, 2.75) is 29.9 Å². The van der Waals surface area contributed by atoms with Crippen LogP contribution in [0.4, 0.5) is 0 Å². The van der Waals surface area contributed by atoms with E-state index in [1.165, 1.54) is 0 Å². The predicted molar refractivity (Wildman–Crippen MR) is 87.6 cm³/mol. The maximum atomic E-state index is 10.8. The second-order valence-corrected chi connectivity index (χ2v) is 6.82. The van der Waals surface area contributed by atoms with Crippen molar-refractivity contribution >= 4 is 11.2 Å². The molecule has 4 rings (SSSR count). The van der Waals surface area contributed by atoms with Crippen molar-refractivity contribution in [2.24, 2.45) is 0 Å². The van der Waals surface area contributed by atoms with E-state index in [0.717, 1.165) is 32.7 Å². The van der Waals surface area contributed by atoms with Crippen LogP contribution in [0.3, 0.4) is 0 Å². The predicted octanol–water partition coefficient (Wildman–Crippen LogP) is 3.12. The third kappa shape index (κ3) is 2.45. The first kappa shape index (κ1) is 14.4. The highest BCUT2D eigenvalue weighted by Gasteiger charge is 2.31. The number of aromatic nitrogens is 3. The van der Waals surface area contributed by atoms with Gasteiger partial charge in [-0.15, -0.1) is 10.2 Å². The molecule has 1 aliphatic heterocycles. The molecule has 0 fully saturated rings. The quantitative estimate of drug-likeness (QED) is 0.735. The standard InChI is InChI=1S/C17H16N3O2S/c1-12-18-19-17-11-22-10-14-15(20(12)17)8-5-9-16(14)23(21)13-6-3-2-4-7-13/h2-9,21H,10-11H2,1H3/q+1. The van der Waals surface area contributed by atoms with Gasteiger partial charge in [-0.25, -0.2) is 0 Å². The molecule has 5 nitrogen and oxygen atoms in total. The Balaban J connectivity index is 1.88. The smallest absolute Gasteiger partial charge is 0.220 e. The molecule has 0 amide bonds. The number of benzene rings is 2. The summed E-state index contributed by atoms with van der Waals surface area (Å²) in [4.78, 5) is 1.78. The minimum Gasteiger partial charge on any atom is -0.368 e. The average molecular weight is 326 g/mol. The first-order valence-electron chi connectivity index (χ1n) is 7.35. The molecule has 1 atom stereocenters. The minimum absolute atomic E-state index is 0.416. The molecule has 0 aliphatic carbocycles. The Hall–Kier alpha value is -2.15. The molecule has 6 heteroatoms. The van der Waals surface area contributed by atoms with Crippen LogP contribution in [0.1, 0.15) is 17.2 Å². The zero-order valence-corrected chi connectivity index (χ0v) is 13.5. The third-order valence-electron chi connectivity index (χ3n) is 3.89. The van der Waals surface area contributed by atoms with Gasteiger partial charge in [-0.1, -0.05) is 24.3 Å². The molecule has 116 valence electrons. The van der Waals surface area contributed by atoms with Crippen LogP contribution in [-0.4, -0.2) is 19.3 Å². The lowest BCUT2D eigenvalue weighted by Crippen LogP contribution is -2.09. The fourth-order valence-corrected chi connectivity index (χ4v) is 4.10. The monoisotopic (exact) mass is 326 g/mol. The lowest BCUT2D eigenvalue weighted by atomic mass is 10.2. The lowest BCUT2D eigenvalue weighted by molar-refractivity contribution is 0.103. The number of hydrogen-bond acceptors (Lipinski definition) is 4. The normalized spacial score (nSPS) is 14.7. The summed E-state index contributed by atoms with van der Waals surface area (Å²) in [6.07, 6.45) is 0. The van der Waals surface area contributed by atoms with Crippen LogP contribution in [0, 0.1) is 6.92 Å². The highest BCUT2D eigenvalue weighted by atomic mass is 32.2. The molecule has 1 aromatic heterocycles. The Labute approximate surface area is 137 Å². The SMILES string of the molecule is Cc1nnc2n1-c1cccc([S+](O)c3ccccc3)c1COC2. The molecule has 2 aromatic carbocycles. The Morgan fingerprint density at radius 2 is 1.87 bits per heavy atom. The Morgan fingerprint density at radius 1 is 1.04 bits per heavy atom. The lowest BCUT2D eigenvalue weighted by Gasteiger charge is -2.11. The van der Waals surface area contributed by atoms with Crippen LogP contribution in [-0.2, 0) is 29.1 Å². The molecule has 0 saturated carbocycles. The molecular formula is C17H16N3O2S+. The number of nitrogens with zero attached hydrogens (tertiary/aromatic N) is 3. The molecule has 0 spiro atoms. The molecular weight excluding hydrogens is 310 g/mol. The number of ether oxygens (including phenoxy) is 1. The first-order chi connectivity index (χ1) is 11.3. The second kappa shape index (κ2) is 5.81. The highest BCUT2D eigenvalue weighted by molar-refractivity contribution is 7.91. The number of rotatable bonds is 2. The van der Waals surface area contributed by atoms with E-state index >= 15 is 0 Å². The fraction of sp³-hybridized carbons (Fsp3) is 0.176. The van der Waals surface area contributed by atoms with Crippen molar-refractivity contribution in [2.75, 3.05) is 0 Å². The van der Waals surface area contributed by atoms with Crippen molar-refractivity contribution in [1.82, 2.24) is 14.8 Å². The maximum absolute atomic E-state index is 10.8. The van der Waals surface area contributed by atoms with Crippen LogP contribution < -0.4 is 0 Å². The molecule has 3 aromatic rings. The van der Waals surface area contributed by atoms with E-state index in [4.69, 9.17) is 4.74 Å². The summed E-state index contributed by atoms with van der Waals surface area (Å²) < 4.78 is 18.6. The number of aryl methyl sites for hydroxylation is 1. The van der Waals surface area contributed by atoms with Gasteiger partial charge in [-0.3, -0.25) is 4.57 Å². The maximum Gasteiger partial charge on any atom is 0.220 e. The summed E-state index contributed by atoms with van der Waals surface area (Å²) in [5.74, 6) is 1.61. The topological polar surface area (TPSA) is 60.2 Å². The molecule has 1 unspecified atom stereocenters. The van der Waals surface area contributed by atoms with Crippen molar-refractivity contribution in [3.63, 3.8) is 0 Å². The second-order valence-electron chi connectivity index (χ2n) is 5.34. The van der Waals surface area contributed by atoms with E-state index in [-0.39, 0.29) is 0 Å². The Morgan fingerprint density at radius 3 is 2.70 bits per heavy atom. The minimum atomic E-state index is -0.999. The Kier molecular flexibility index (Phi) is 3.65. The molecule has 0 radical (unpaired) electrons. The zero-order chi connectivity index (χ0) is 15.8. The Bertz CT molecular complexity index is 848. The van der Waals surface area contributed by atoms with E-state index in [1.807, 2.05) is 60.0 Å². The molecule has 0 bridgehead atoms. The zero-order valence-electron chi connectivity index (χ0n) is 12.6. The van der Waals surface area contributed by atoms with Gasteiger partial charge in [0.25, 0.3) is 0 Å². The summed E-state index contributed by atoms with van der Waals surface area (Å²) in [5, 5.41) is 8.32. The summed E-state index contributed by atoms with van der Waals surface area (Å²) in [7, 11) is 0. The molecule has 2 heterocycles. The van der Waals surface area contributed by atoms with Crippen LogP contribution in [0.15, 0.2) is 58.3 Å². The molecule has 0 saturated heterocycles. The van der Waals surface area contributed by atoms with Crippen LogP contribution >= 0.6 is 0 Å². The van der Waals surface area contributed by atoms with Gasteiger partial charge < -0.3 is 4.74 Å². The van der Waals surface area contributed by atoms with Crippen molar-refractivity contribution < 1.29 is 9.29 Å². The summed E-state index contributed by atoms with van der Waals surface area (Å²) in [5.41, 5.74) is 1.98. The van der Waals surface area contributed by atoms with Crippen molar-refractivity contribution in [3.8, 4) is 5.69 Å². The van der Waals surface area contributed by atoms with Crippen LogP contribution in [0.25, 0.3) is 5.69 Å². The van der Waals surface area contributed by atoms with Gasteiger partial charge in [0.05, 0.1) is 17.9 Å². The summed E-state index contributed by atoms with van der Waals surface area (Å²) in [6, 6.07) is 15.6. The fourth-order valence-electron chi connectivity index (χ4n) is 2.82. The summed E-state index contributed by atoms with van der Waals surface area (Å²) in [6.45, 7) is 2.79. The number of hydrogen-bond donors (Lipinski definition) is 1. The van der Waals surface area contributed by atoms with Gasteiger partial charge in [0.15, 0.2) is 10.7 Å². The van der Waals surface area contributed by atoms with E-state index in [1.54, 1.807) is 0 Å². The summed E-state index contributed by atoms with van der Waals surface area (Å²) >= 11 is -0.999. The molecule has 23 heavy (non-hydrogen) atoms. The van der Waals surface area contributed by atoms with Crippen LogP contribution in [0.2, 0.25) is 0 Å². The first-order valence-corrected chi connectivity index (χ1v) is 8.53. The third-order valence-corrected chi connectivity index (χ3v) is 5.41. The molecule has 1 aliphatic rings. The average Bonchev–Trinajstić information content (AvgIpc) is 2.85. The van der Waals surface area contributed by atoms with Gasteiger partial charge in [0.2, 0.25) is 16.1 Å². The molecule has 1 N–H and O–H groups in total. The van der Waals surface area contributed by atoms with E-state index in [2.05, 4.69) is 10.2 Å².